The first-order valence-electron chi connectivity index (χ1n) is 3.97. The second-order valence-electron chi connectivity index (χ2n) is 2.46. The van der Waals surface area contributed by atoms with Gasteiger partial charge >= 0.3 is 0 Å². The first-order valence-corrected chi connectivity index (χ1v) is 3.97. The molecule has 0 aliphatic carbocycles. The van der Waals surface area contributed by atoms with Gasteiger partial charge in [0, 0.05) is 18.3 Å². The molecule has 0 saturated heterocycles. The van der Waals surface area contributed by atoms with Gasteiger partial charge in [0.05, 0.1) is 6.20 Å². The maximum absolute atomic E-state index is 4.31. The molecular weight excluding hydrogens is 150 g/mol. The van der Waals surface area contributed by atoms with Gasteiger partial charge in [0.25, 0.3) is 0 Å². The maximum Gasteiger partial charge on any atom is 0.150 e. The number of hydrogen-bond donors (Lipinski definition) is 0. The molecule has 1 aromatic heterocycles. The molecule has 0 bridgehead atoms. The number of aromatic nitrogens is 2. The quantitative estimate of drug-likeness (QED) is 0.628. The van der Waals surface area contributed by atoms with Crippen molar-refractivity contribution in [2.24, 2.45) is 4.99 Å². The molecule has 0 N–H and O–H groups in total. The highest BCUT2D eigenvalue weighted by atomic mass is 15.3. The van der Waals surface area contributed by atoms with Crippen molar-refractivity contribution in [2.45, 2.75) is 20.4 Å². The van der Waals surface area contributed by atoms with Crippen LogP contribution in [0.1, 0.15) is 13.8 Å². The van der Waals surface area contributed by atoms with Crippen LogP contribution in [0.15, 0.2) is 29.9 Å². The van der Waals surface area contributed by atoms with Gasteiger partial charge in [-0.05, 0) is 19.9 Å². The molecule has 1 aromatic rings. The average Bonchev–Trinajstić information content (AvgIpc) is 2.51. The Labute approximate surface area is 72.4 Å². The summed E-state index contributed by atoms with van der Waals surface area (Å²) in [5, 5.41) is 4.10. The molecule has 0 aliphatic rings. The van der Waals surface area contributed by atoms with E-state index in [1.54, 1.807) is 12.3 Å². The zero-order valence-corrected chi connectivity index (χ0v) is 7.49. The zero-order valence-electron chi connectivity index (χ0n) is 7.49. The Kier molecular flexibility index (Phi) is 2.80. The lowest BCUT2D eigenvalue weighted by atomic mass is 10.4. The van der Waals surface area contributed by atoms with Crippen molar-refractivity contribution in [3.8, 4) is 0 Å². The second kappa shape index (κ2) is 3.85. The third-order valence-corrected chi connectivity index (χ3v) is 1.58. The molecule has 0 fully saturated rings. The van der Waals surface area contributed by atoms with Crippen LogP contribution in [0, 0.1) is 0 Å². The summed E-state index contributed by atoms with van der Waals surface area (Å²) in [6.45, 7) is 8.43. The largest absolute Gasteiger partial charge is 0.248 e. The van der Waals surface area contributed by atoms with E-state index >= 15 is 0 Å². The van der Waals surface area contributed by atoms with E-state index in [0.717, 1.165) is 18.1 Å². The van der Waals surface area contributed by atoms with Crippen molar-refractivity contribution < 1.29 is 0 Å². The second-order valence-corrected chi connectivity index (χ2v) is 2.46. The molecule has 0 unspecified atom stereocenters. The number of allylic oxidation sites excluding steroid dienone is 1. The third kappa shape index (κ3) is 1.81. The number of aliphatic imine (C=N–C) groups is 1. The fourth-order valence-electron chi connectivity index (χ4n) is 0.891. The van der Waals surface area contributed by atoms with Crippen LogP contribution in [0.5, 0.6) is 0 Å². The molecule has 0 saturated carbocycles. The summed E-state index contributed by atoms with van der Waals surface area (Å²) in [7, 11) is 0. The Morgan fingerprint density at radius 2 is 2.58 bits per heavy atom. The zero-order chi connectivity index (χ0) is 8.97. The van der Waals surface area contributed by atoms with E-state index in [1.165, 1.54) is 0 Å². The van der Waals surface area contributed by atoms with Crippen molar-refractivity contribution >= 4 is 11.5 Å². The highest BCUT2D eigenvalue weighted by molar-refractivity contribution is 5.93. The monoisotopic (exact) mass is 163 g/mol. The van der Waals surface area contributed by atoms with Crippen LogP contribution < -0.4 is 0 Å². The summed E-state index contributed by atoms with van der Waals surface area (Å²) >= 11 is 0. The van der Waals surface area contributed by atoms with Crippen LogP contribution in [0.25, 0.3) is 0 Å². The van der Waals surface area contributed by atoms with Crippen LogP contribution in [-0.2, 0) is 6.54 Å². The molecule has 1 heterocycles. The number of rotatable bonds is 3. The first kappa shape index (κ1) is 8.71. The van der Waals surface area contributed by atoms with Crippen LogP contribution in [-0.4, -0.2) is 15.5 Å². The smallest absolute Gasteiger partial charge is 0.150 e. The normalized spacial score (nSPS) is 11.7. The predicted octanol–water partition coefficient (Wildman–Crippen LogP) is 2.18. The maximum atomic E-state index is 4.31. The van der Waals surface area contributed by atoms with Crippen LogP contribution >= 0.6 is 0 Å². The summed E-state index contributed by atoms with van der Waals surface area (Å²) in [6.07, 6.45) is 3.48. The summed E-state index contributed by atoms with van der Waals surface area (Å²) < 4.78 is 1.84. The van der Waals surface area contributed by atoms with Gasteiger partial charge in [-0.3, -0.25) is 0 Å². The average molecular weight is 163 g/mol. The summed E-state index contributed by atoms with van der Waals surface area (Å²) in [4.78, 5) is 4.31. The Balaban J connectivity index is 2.94. The molecule has 0 amide bonds. The van der Waals surface area contributed by atoms with Gasteiger partial charge in [-0.2, -0.15) is 5.10 Å². The molecule has 3 heteroatoms. The van der Waals surface area contributed by atoms with Crippen molar-refractivity contribution in [1.29, 1.82) is 0 Å². The minimum atomic E-state index is 0.844. The SMILES string of the molecule is C=CC(C)=Nc1ccnn1CC. The van der Waals surface area contributed by atoms with Gasteiger partial charge in [0.15, 0.2) is 5.82 Å². The minimum absolute atomic E-state index is 0.844. The highest BCUT2D eigenvalue weighted by Gasteiger charge is 1.96. The molecule has 0 aromatic carbocycles. The molecule has 0 atom stereocenters. The lowest BCUT2D eigenvalue weighted by Gasteiger charge is -1.98. The molecule has 64 valence electrons. The van der Waals surface area contributed by atoms with Crippen molar-refractivity contribution in [3.63, 3.8) is 0 Å². The summed E-state index contributed by atoms with van der Waals surface area (Å²) in [5.74, 6) is 0.884. The molecule has 0 radical (unpaired) electrons. The molecule has 0 aliphatic heterocycles. The summed E-state index contributed by atoms with van der Waals surface area (Å²) in [5.41, 5.74) is 0.908. The van der Waals surface area contributed by atoms with Crippen LogP contribution in [0.3, 0.4) is 0 Å². The fourth-order valence-corrected chi connectivity index (χ4v) is 0.891. The Bertz CT molecular complexity index is 296. The summed E-state index contributed by atoms with van der Waals surface area (Å²) in [6, 6.07) is 1.89. The van der Waals surface area contributed by atoms with E-state index < -0.39 is 0 Å². The number of nitrogens with zero attached hydrogens (tertiary/aromatic N) is 3. The van der Waals surface area contributed by atoms with E-state index in [-0.39, 0.29) is 0 Å². The Hall–Kier alpha value is -1.38. The fraction of sp³-hybridized carbons (Fsp3) is 0.333. The van der Waals surface area contributed by atoms with E-state index in [0.29, 0.717) is 0 Å². The van der Waals surface area contributed by atoms with E-state index in [4.69, 9.17) is 0 Å². The highest BCUT2D eigenvalue weighted by Crippen LogP contribution is 2.10. The Morgan fingerprint density at radius 3 is 3.17 bits per heavy atom. The van der Waals surface area contributed by atoms with Crippen molar-refractivity contribution in [3.05, 3.63) is 24.9 Å². The van der Waals surface area contributed by atoms with E-state index in [2.05, 4.69) is 16.7 Å². The van der Waals surface area contributed by atoms with Gasteiger partial charge in [-0.25, -0.2) is 9.67 Å². The Morgan fingerprint density at radius 1 is 1.83 bits per heavy atom. The van der Waals surface area contributed by atoms with Gasteiger partial charge < -0.3 is 0 Å². The third-order valence-electron chi connectivity index (χ3n) is 1.58. The van der Waals surface area contributed by atoms with Gasteiger partial charge in [-0.15, -0.1) is 0 Å². The van der Waals surface area contributed by atoms with Gasteiger partial charge in [0.2, 0.25) is 0 Å². The molecule has 1 rings (SSSR count). The first-order chi connectivity index (χ1) is 5.77. The lowest BCUT2D eigenvalue weighted by molar-refractivity contribution is 0.664. The van der Waals surface area contributed by atoms with E-state index in [9.17, 15) is 0 Å². The minimum Gasteiger partial charge on any atom is -0.248 e. The van der Waals surface area contributed by atoms with Crippen LogP contribution in [0.2, 0.25) is 0 Å². The molecular formula is C9H13N3. The molecule has 3 nitrogen and oxygen atoms in total. The van der Waals surface area contributed by atoms with Gasteiger partial charge in [-0.1, -0.05) is 6.58 Å². The topological polar surface area (TPSA) is 30.2 Å². The standard InChI is InChI=1S/C9H13N3/c1-4-8(3)11-9-6-7-10-12(9)5-2/h4,6-7H,1,5H2,2-3H3. The predicted molar refractivity (Wildman–Crippen MR) is 50.9 cm³/mol. The number of hydrogen-bond acceptors (Lipinski definition) is 2. The molecule has 12 heavy (non-hydrogen) atoms. The van der Waals surface area contributed by atoms with Crippen molar-refractivity contribution in [1.82, 2.24) is 9.78 Å². The van der Waals surface area contributed by atoms with Gasteiger partial charge in [0.1, 0.15) is 0 Å². The van der Waals surface area contributed by atoms with Crippen molar-refractivity contribution in [2.75, 3.05) is 0 Å². The van der Waals surface area contributed by atoms with Crippen LogP contribution in [0.4, 0.5) is 5.82 Å². The van der Waals surface area contributed by atoms with E-state index in [1.807, 2.05) is 24.6 Å². The lowest BCUT2D eigenvalue weighted by Crippen LogP contribution is -1.95. The molecule has 0 spiro atoms. The number of aryl methyl sites for hydroxylation is 1.